The lowest BCUT2D eigenvalue weighted by molar-refractivity contribution is -0.134. The van der Waals surface area contributed by atoms with Crippen LogP contribution in [0.15, 0.2) is 42.5 Å². The van der Waals surface area contributed by atoms with E-state index in [1.165, 1.54) is 0 Å². The number of aryl methyl sites for hydroxylation is 1. The zero-order chi connectivity index (χ0) is 24.1. The van der Waals surface area contributed by atoms with Crippen LogP contribution in [0.3, 0.4) is 0 Å². The maximum Gasteiger partial charge on any atom is 0.252 e. The quantitative estimate of drug-likeness (QED) is 0.518. The number of piperidine rings is 1. The minimum Gasteiger partial charge on any atom is -0.341 e. The predicted molar refractivity (Wildman–Crippen MR) is 132 cm³/mol. The van der Waals surface area contributed by atoms with Gasteiger partial charge in [0, 0.05) is 30.1 Å². The third-order valence-electron chi connectivity index (χ3n) is 6.08. The molecule has 1 aliphatic heterocycles. The molecule has 176 valence electrons. The van der Waals surface area contributed by atoms with Crippen LogP contribution in [0.1, 0.15) is 59.4 Å². The molecule has 2 aromatic rings. The number of hydrogen-bond acceptors (Lipinski definition) is 3. The number of halogens is 2. The summed E-state index contributed by atoms with van der Waals surface area (Å²) in [6.45, 7) is 6.89. The topological polar surface area (TPSA) is 66.5 Å². The van der Waals surface area contributed by atoms with Gasteiger partial charge in [0.15, 0.2) is 5.78 Å². The molecular weight excluding hydrogens is 459 g/mol. The number of amides is 2. The van der Waals surface area contributed by atoms with Crippen molar-refractivity contribution in [1.82, 2.24) is 10.2 Å². The maximum atomic E-state index is 13.3. The van der Waals surface area contributed by atoms with E-state index in [-0.39, 0.29) is 29.4 Å². The molecule has 0 aliphatic carbocycles. The Morgan fingerprint density at radius 2 is 1.70 bits per heavy atom. The largest absolute Gasteiger partial charge is 0.341 e. The van der Waals surface area contributed by atoms with E-state index >= 15 is 0 Å². The lowest BCUT2D eigenvalue weighted by Gasteiger charge is -2.34. The SMILES string of the molecule is Cc1ccccc1C(=O)NC(CC(C)C)C(=O)N1CCC(C(=O)c2ccc(Cl)c(Cl)c2)CC1. The van der Waals surface area contributed by atoms with Gasteiger partial charge < -0.3 is 10.2 Å². The zero-order valence-corrected chi connectivity index (χ0v) is 20.7. The van der Waals surface area contributed by atoms with Crippen LogP contribution in [-0.4, -0.2) is 41.6 Å². The van der Waals surface area contributed by atoms with Crippen LogP contribution in [0.2, 0.25) is 10.0 Å². The molecule has 2 aromatic carbocycles. The first-order valence-electron chi connectivity index (χ1n) is 11.3. The van der Waals surface area contributed by atoms with Crippen molar-refractivity contribution in [3.8, 4) is 0 Å². The molecule has 1 unspecified atom stereocenters. The van der Waals surface area contributed by atoms with Gasteiger partial charge in [-0.25, -0.2) is 0 Å². The van der Waals surface area contributed by atoms with Crippen molar-refractivity contribution in [2.24, 2.45) is 11.8 Å². The Labute approximate surface area is 205 Å². The molecule has 0 saturated carbocycles. The highest BCUT2D eigenvalue weighted by atomic mass is 35.5. The van der Waals surface area contributed by atoms with E-state index < -0.39 is 6.04 Å². The summed E-state index contributed by atoms with van der Waals surface area (Å²) in [5.41, 5.74) is 1.98. The molecule has 0 spiro atoms. The van der Waals surface area contributed by atoms with Crippen molar-refractivity contribution in [3.05, 3.63) is 69.2 Å². The van der Waals surface area contributed by atoms with Crippen LogP contribution in [0.5, 0.6) is 0 Å². The summed E-state index contributed by atoms with van der Waals surface area (Å²) in [5.74, 6) is -0.239. The lowest BCUT2D eigenvalue weighted by atomic mass is 9.88. The van der Waals surface area contributed by atoms with Gasteiger partial charge in [-0.3, -0.25) is 14.4 Å². The number of carbonyl (C=O) groups is 3. The van der Waals surface area contributed by atoms with E-state index in [2.05, 4.69) is 5.32 Å². The van der Waals surface area contributed by atoms with Crippen LogP contribution >= 0.6 is 23.2 Å². The van der Waals surface area contributed by atoms with Crippen LogP contribution in [0, 0.1) is 18.8 Å². The first-order chi connectivity index (χ1) is 15.7. The second-order valence-corrected chi connectivity index (χ2v) is 9.88. The number of hydrogen-bond donors (Lipinski definition) is 1. The third-order valence-corrected chi connectivity index (χ3v) is 6.82. The molecule has 3 rings (SSSR count). The van der Waals surface area contributed by atoms with E-state index in [4.69, 9.17) is 23.2 Å². The van der Waals surface area contributed by atoms with E-state index in [9.17, 15) is 14.4 Å². The second-order valence-electron chi connectivity index (χ2n) is 9.06. The average Bonchev–Trinajstić information content (AvgIpc) is 2.79. The number of ketones is 1. The van der Waals surface area contributed by atoms with Crippen LogP contribution in [0.25, 0.3) is 0 Å². The van der Waals surface area contributed by atoms with Gasteiger partial charge in [-0.15, -0.1) is 0 Å². The molecule has 1 saturated heterocycles. The molecule has 1 fully saturated rings. The summed E-state index contributed by atoms with van der Waals surface area (Å²) in [7, 11) is 0. The summed E-state index contributed by atoms with van der Waals surface area (Å²) in [6.07, 6.45) is 1.70. The van der Waals surface area contributed by atoms with Crippen LogP contribution in [-0.2, 0) is 4.79 Å². The fourth-order valence-electron chi connectivity index (χ4n) is 4.22. The molecule has 5 nitrogen and oxygen atoms in total. The molecule has 0 aromatic heterocycles. The van der Waals surface area contributed by atoms with Gasteiger partial charge in [0.2, 0.25) is 5.91 Å². The summed E-state index contributed by atoms with van der Waals surface area (Å²) in [6, 6.07) is 11.7. The standard InChI is InChI=1S/C26H30Cl2N2O3/c1-16(2)14-23(29-25(32)20-7-5-4-6-17(20)3)26(33)30-12-10-18(11-13-30)24(31)19-8-9-21(27)22(28)15-19/h4-9,15-16,18,23H,10-14H2,1-3H3,(H,29,32). The van der Waals surface area contributed by atoms with Gasteiger partial charge in [0.05, 0.1) is 10.0 Å². The first kappa shape index (κ1) is 25.3. The van der Waals surface area contributed by atoms with Crippen molar-refractivity contribution in [2.45, 2.75) is 46.1 Å². The van der Waals surface area contributed by atoms with E-state index in [0.717, 1.165) is 5.56 Å². The number of carbonyl (C=O) groups excluding carboxylic acids is 3. The molecule has 33 heavy (non-hydrogen) atoms. The molecule has 1 N–H and O–H groups in total. The van der Waals surface area contributed by atoms with Crippen molar-refractivity contribution < 1.29 is 14.4 Å². The fourth-order valence-corrected chi connectivity index (χ4v) is 4.52. The molecule has 0 bridgehead atoms. The summed E-state index contributed by atoms with van der Waals surface area (Å²) >= 11 is 12.0. The Kier molecular flexibility index (Phi) is 8.55. The molecule has 7 heteroatoms. The van der Waals surface area contributed by atoms with Gasteiger partial charge in [-0.1, -0.05) is 55.2 Å². The number of nitrogens with zero attached hydrogens (tertiary/aromatic N) is 1. The third kappa shape index (κ3) is 6.36. The molecule has 1 heterocycles. The van der Waals surface area contributed by atoms with E-state index in [1.54, 1.807) is 29.2 Å². The Balaban J connectivity index is 1.64. The van der Waals surface area contributed by atoms with Gasteiger partial charge in [-0.2, -0.15) is 0 Å². The number of benzene rings is 2. The van der Waals surface area contributed by atoms with Gasteiger partial charge in [0.1, 0.15) is 6.04 Å². The summed E-state index contributed by atoms with van der Waals surface area (Å²) < 4.78 is 0. The van der Waals surface area contributed by atoms with Crippen molar-refractivity contribution in [1.29, 1.82) is 0 Å². The Morgan fingerprint density at radius 1 is 1.03 bits per heavy atom. The van der Waals surface area contributed by atoms with Gasteiger partial charge in [-0.05, 0) is 61.9 Å². The fraction of sp³-hybridized carbons (Fsp3) is 0.423. The Morgan fingerprint density at radius 3 is 2.30 bits per heavy atom. The molecule has 1 aliphatic rings. The van der Waals surface area contributed by atoms with Gasteiger partial charge >= 0.3 is 0 Å². The second kappa shape index (κ2) is 11.2. The molecule has 0 radical (unpaired) electrons. The highest BCUT2D eigenvalue weighted by molar-refractivity contribution is 6.42. The minimum absolute atomic E-state index is 0.0206. The maximum absolute atomic E-state index is 13.3. The monoisotopic (exact) mass is 488 g/mol. The van der Waals surface area contributed by atoms with Crippen molar-refractivity contribution in [3.63, 3.8) is 0 Å². The lowest BCUT2D eigenvalue weighted by Crippen LogP contribution is -2.51. The summed E-state index contributed by atoms with van der Waals surface area (Å²) in [5, 5.41) is 3.72. The average molecular weight is 489 g/mol. The van der Waals surface area contributed by atoms with Crippen molar-refractivity contribution >= 4 is 40.8 Å². The Hall–Kier alpha value is -2.37. The normalized spacial score (nSPS) is 15.4. The van der Waals surface area contributed by atoms with E-state index in [0.29, 0.717) is 53.5 Å². The van der Waals surface area contributed by atoms with Crippen LogP contribution in [0.4, 0.5) is 0 Å². The number of nitrogens with one attached hydrogen (secondary N) is 1. The number of rotatable bonds is 7. The molecular formula is C26H30Cl2N2O3. The first-order valence-corrected chi connectivity index (χ1v) is 12.1. The number of Topliss-reactive ketones (excluding diaryl/α,β-unsaturated/α-hetero) is 1. The summed E-state index contributed by atoms with van der Waals surface area (Å²) in [4.78, 5) is 40.8. The highest BCUT2D eigenvalue weighted by Crippen LogP contribution is 2.27. The number of likely N-dealkylation sites (tertiary alicyclic amines) is 1. The minimum atomic E-state index is -0.598. The van der Waals surface area contributed by atoms with Gasteiger partial charge in [0.25, 0.3) is 5.91 Å². The highest BCUT2D eigenvalue weighted by Gasteiger charge is 2.32. The van der Waals surface area contributed by atoms with Crippen LogP contribution < -0.4 is 5.32 Å². The molecule has 1 atom stereocenters. The van der Waals surface area contributed by atoms with E-state index in [1.807, 2.05) is 39.0 Å². The zero-order valence-electron chi connectivity index (χ0n) is 19.2. The molecule has 2 amide bonds. The predicted octanol–water partition coefficient (Wildman–Crippen LogP) is 5.57. The smallest absolute Gasteiger partial charge is 0.252 e. The Bertz CT molecular complexity index is 1030. The van der Waals surface area contributed by atoms with Crippen molar-refractivity contribution in [2.75, 3.05) is 13.1 Å².